The predicted octanol–water partition coefficient (Wildman–Crippen LogP) is 3.27. The largest absolute Gasteiger partial charge is 0.369 e. The van der Waals surface area contributed by atoms with Crippen LogP contribution in [0.25, 0.3) is 0 Å². The molecule has 0 heterocycles. The van der Waals surface area contributed by atoms with Gasteiger partial charge in [-0.3, -0.25) is 0 Å². The molecule has 0 radical (unpaired) electrons. The molecule has 0 bridgehead atoms. The summed E-state index contributed by atoms with van der Waals surface area (Å²) in [5.74, 6) is 0. The minimum atomic E-state index is -0.224. The molecule has 0 saturated carbocycles. The van der Waals surface area contributed by atoms with E-state index in [1.807, 2.05) is 18.2 Å². The predicted molar refractivity (Wildman–Crippen MR) is 62.9 cm³/mol. The highest BCUT2D eigenvalue weighted by molar-refractivity contribution is 14.1. The fourth-order valence-electron chi connectivity index (χ4n) is 0.872. The number of nitrogens with one attached hydrogen (secondary N) is 1. The number of nitrogens with zero attached hydrogens (tertiary/aromatic N) is 1. The molecular formula is C9H8ClIN2. The first-order chi connectivity index (χ1) is 6.13. The van der Waals surface area contributed by atoms with Crippen molar-refractivity contribution in [3.05, 3.63) is 26.8 Å². The average molecular weight is 307 g/mol. The van der Waals surface area contributed by atoms with Crippen molar-refractivity contribution in [3.63, 3.8) is 0 Å². The monoisotopic (exact) mass is 306 g/mol. The van der Waals surface area contributed by atoms with E-state index < -0.39 is 0 Å². The maximum absolute atomic E-state index is 8.58. The Labute approximate surface area is 96.0 Å². The number of anilines is 1. The number of rotatable bonds is 2. The van der Waals surface area contributed by atoms with Gasteiger partial charge in [0.1, 0.15) is 6.04 Å². The van der Waals surface area contributed by atoms with E-state index >= 15 is 0 Å². The van der Waals surface area contributed by atoms with Gasteiger partial charge < -0.3 is 5.32 Å². The minimum Gasteiger partial charge on any atom is -0.369 e. The highest BCUT2D eigenvalue weighted by Crippen LogP contribution is 2.24. The van der Waals surface area contributed by atoms with Crippen molar-refractivity contribution in [1.29, 1.82) is 5.26 Å². The van der Waals surface area contributed by atoms with Gasteiger partial charge in [-0.05, 0) is 47.7 Å². The van der Waals surface area contributed by atoms with Crippen LogP contribution in [0.15, 0.2) is 18.2 Å². The second-order valence-electron chi connectivity index (χ2n) is 2.62. The van der Waals surface area contributed by atoms with Gasteiger partial charge in [-0.1, -0.05) is 11.6 Å². The standard InChI is InChI=1S/C9H8ClIN2/c1-6(5-12)13-9-3-2-7(11)4-8(9)10/h2-4,6,13H,1H3. The number of hydrogen-bond acceptors (Lipinski definition) is 2. The van der Waals surface area contributed by atoms with E-state index in [1.54, 1.807) is 6.92 Å². The van der Waals surface area contributed by atoms with E-state index in [2.05, 4.69) is 34.0 Å². The molecule has 13 heavy (non-hydrogen) atoms. The molecule has 0 aliphatic carbocycles. The van der Waals surface area contributed by atoms with Crippen LogP contribution in [0.1, 0.15) is 6.92 Å². The smallest absolute Gasteiger partial charge is 0.111 e. The van der Waals surface area contributed by atoms with Crippen LogP contribution in [0.4, 0.5) is 5.69 Å². The Morgan fingerprint density at radius 3 is 2.85 bits per heavy atom. The SMILES string of the molecule is CC(C#N)Nc1ccc(I)cc1Cl. The highest BCUT2D eigenvalue weighted by atomic mass is 127. The van der Waals surface area contributed by atoms with Crippen LogP contribution < -0.4 is 5.32 Å². The number of benzene rings is 1. The van der Waals surface area contributed by atoms with Crippen molar-refractivity contribution < 1.29 is 0 Å². The molecular weight excluding hydrogens is 298 g/mol. The first-order valence-electron chi connectivity index (χ1n) is 3.74. The summed E-state index contributed by atoms with van der Waals surface area (Å²) in [4.78, 5) is 0. The summed E-state index contributed by atoms with van der Waals surface area (Å²) >= 11 is 8.14. The van der Waals surface area contributed by atoms with Crippen molar-refractivity contribution in [1.82, 2.24) is 0 Å². The van der Waals surface area contributed by atoms with Crippen LogP contribution in [0.5, 0.6) is 0 Å². The molecule has 1 N–H and O–H groups in total. The topological polar surface area (TPSA) is 35.8 Å². The van der Waals surface area contributed by atoms with Crippen LogP contribution in [-0.2, 0) is 0 Å². The molecule has 0 saturated heterocycles. The summed E-state index contributed by atoms with van der Waals surface area (Å²) in [6, 6.07) is 7.53. The van der Waals surface area contributed by atoms with Gasteiger partial charge in [0.15, 0.2) is 0 Å². The summed E-state index contributed by atoms with van der Waals surface area (Å²) < 4.78 is 1.08. The Morgan fingerprint density at radius 1 is 1.62 bits per heavy atom. The summed E-state index contributed by atoms with van der Waals surface area (Å²) in [6.45, 7) is 1.79. The van der Waals surface area contributed by atoms with E-state index in [0.717, 1.165) is 9.26 Å². The first kappa shape index (κ1) is 10.6. The van der Waals surface area contributed by atoms with Crippen LogP contribution >= 0.6 is 34.2 Å². The Kier molecular flexibility index (Phi) is 3.82. The molecule has 0 aliphatic rings. The third-order valence-corrected chi connectivity index (χ3v) is 2.48. The lowest BCUT2D eigenvalue weighted by atomic mass is 10.3. The molecule has 2 nitrogen and oxygen atoms in total. The quantitative estimate of drug-likeness (QED) is 0.851. The van der Waals surface area contributed by atoms with Crippen molar-refractivity contribution in [2.24, 2.45) is 0 Å². The fourth-order valence-corrected chi connectivity index (χ4v) is 1.78. The van der Waals surface area contributed by atoms with E-state index in [9.17, 15) is 0 Å². The van der Waals surface area contributed by atoms with Gasteiger partial charge in [0.25, 0.3) is 0 Å². The Bertz CT molecular complexity index is 346. The molecule has 1 rings (SSSR count). The molecule has 1 aromatic rings. The molecule has 68 valence electrons. The van der Waals surface area contributed by atoms with Gasteiger partial charge in [-0.25, -0.2) is 0 Å². The zero-order valence-electron chi connectivity index (χ0n) is 7.01. The maximum atomic E-state index is 8.58. The summed E-state index contributed by atoms with van der Waals surface area (Å²) in [6.07, 6.45) is 0. The summed E-state index contributed by atoms with van der Waals surface area (Å²) in [5.41, 5.74) is 0.802. The fraction of sp³-hybridized carbons (Fsp3) is 0.222. The lowest BCUT2D eigenvalue weighted by Crippen LogP contribution is -2.12. The van der Waals surface area contributed by atoms with Crippen molar-refractivity contribution >= 4 is 39.9 Å². The zero-order valence-corrected chi connectivity index (χ0v) is 9.93. The van der Waals surface area contributed by atoms with E-state index in [0.29, 0.717) is 5.02 Å². The second-order valence-corrected chi connectivity index (χ2v) is 4.27. The van der Waals surface area contributed by atoms with Gasteiger partial charge in [0, 0.05) is 3.57 Å². The molecule has 1 aromatic carbocycles. The number of hydrogen-bond donors (Lipinski definition) is 1. The van der Waals surface area contributed by atoms with Gasteiger partial charge in [-0.15, -0.1) is 0 Å². The third-order valence-electron chi connectivity index (χ3n) is 1.50. The molecule has 0 aromatic heterocycles. The average Bonchev–Trinajstić information content (AvgIpc) is 2.09. The van der Waals surface area contributed by atoms with E-state index in [1.165, 1.54) is 0 Å². The third kappa shape index (κ3) is 3.05. The zero-order chi connectivity index (χ0) is 9.84. The van der Waals surface area contributed by atoms with Gasteiger partial charge in [-0.2, -0.15) is 5.26 Å². The molecule has 0 amide bonds. The van der Waals surface area contributed by atoms with E-state index in [-0.39, 0.29) is 6.04 Å². The van der Waals surface area contributed by atoms with Crippen LogP contribution in [0.3, 0.4) is 0 Å². The lowest BCUT2D eigenvalue weighted by Gasteiger charge is -2.09. The molecule has 4 heteroatoms. The number of nitriles is 1. The van der Waals surface area contributed by atoms with Gasteiger partial charge >= 0.3 is 0 Å². The molecule has 0 fully saturated rings. The minimum absolute atomic E-state index is 0.224. The molecule has 0 aliphatic heterocycles. The molecule has 1 atom stereocenters. The molecule has 1 unspecified atom stereocenters. The van der Waals surface area contributed by atoms with Crippen molar-refractivity contribution in [3.8, 4) is 6.07 Å². The summed E-state index contributed by atoms with van der Waals surface area (Å²) in [5, 5.41) is 12.2. The Hall–Kier alpha value is -0.470. The van der Waals surface area contributed by atoms with Gasteiger partial charge in [0.05, 0.1) is 16.8 Å². The van der Waals surface area contributed by atoms with Gasteiger partial charge in [0.2, 0.25) is 0 Å². The maximum Gasteiger partial charge on any atom is 0.111 e. The van der Waals surface area contributed by atoms with Crippen LogP contribution in [-0.4, -0.2) is 6.04 Å². The number of halogens is 2. The normalized spacial score (nSPS) is 11.8. The Balaban J connectivity index is 2.85. The second kappa shape index (κ2) is 4.68. The van der Waals surface area contributed by atoms with Crippen LogP contribution in [0.2, 0.25) is 5.02 Å². The van der Waals surface area contributed by atoms with Crippen molar-refractivity contribution in [2.75, 3.05) is 5.32 Å². The highest BCUT2D eigenvalue weighted by Gasteiger charge is 2.03. The van der Waals surface area contributed by atoms with E-state index in [4.69, 9.17) is 16.9 Å². The first-order valence-corrected chi connectivity index (χ1v) is 5.20. The lowest BCUT2D eigenvalue weighted by molar-refractivity contribution is 1.01. The Morgan fingerprint density at radius 2 is 2.31 bits per heavy atom. The van der Waals surface area contributed by atoms with Crippen molar-refractivity contribution in [2.45, 2.75) is 13.0 Å². The van der Waals surface area contributed by atoms with Crippen LogP contribution in [0, 0.1) is 14.9 Å². The molecule has 0 spiro atoms. The summed E-state index contributed by atoms with van der Waals surface area (Å²) in [7, 11) is 0.